The lowest BCUT2D eigenvalue weighted by Gasteiger charge is -2.10. The Hall–Kier alpha value is -3.34. The van der Waals surface area contributed by atoms with E-state index in [-0.39, 0.29) is 11.5 Å². The highest BCUT2D eigenvalue weighted by atomic mass is 16.5. The van der Waals surface area contributed by atoms with Crippen molar-refractivity contribution in [1.82, 2.24) is 9.97 Å². The van der Waals surface area contributed by atoms with Crippen LogP contribution in [-0.4, -0.2) is 22.4 Å². The van der Waals surface area contributed by atoms with Gasteiger partial charge in [-0.3, -0.25) is 4.79 Å². The molecule has 5 heteroatoms. The normalized spacial score (nSPS) is 11.2. The second kappa shape index (κ2) is 7.72. The van der Waals surface area contributed by atoms with E-state index in [1.54, 1.807) is 12.1 Å². The summed E-state index contributed by atoms with van der Waals surface area (Å²) in [7, 11) is 0. The molecule has 1 heterocycles. The molecule has 0 aliphatic heterocycles. The molecule has 5 nitrogen and oxygen atoms in total. The zero-order chi connectivity index (χ0) is 19.5. The van der Waals surface area contributed by atoms with Gasteiger partial charge >= 0.3 is 5.69 Å². The number of hydrogen-bond donors (Lipinski definition) is 2. The van der Waals surface area contributed by atoms with Crippen LogP contribution in [0.4, 0.5) is 0 Å². The molecule has 4 aromatic rings. The molecular weight excluding hydrogens is 352 g/mol. The fraction of sp³-hybridized carbons (Fsp3) is 0.217. The molecule has 0 radical (unpaired) electrons. The van der Waals surface area contributed by atoms with Crippen LogP contribution < -0.4 is 10.4 Å². The Morgan fingerprint density at radius 1 is 0.893 bits per heavy atom. The zero-order valence-corrected chi connectivity index (χ0v) is 15.7. The number of ether oxygens (including phenoxy) is 1. The Morgan fingerprint density at radius 2 is 1.68 bits per heavy atom. The zero-order valence-electron chi connectivity index (χ0n) is 15.7. The van der Waals surface area contributed by atoms with Crippen LogP contribution in [0, 0.1) is 0 Å². The molecule has 0 spiro atoms. The minimum atomic E-state index is -0.355. The van der Waals surface area contributed by atoms with E-state index in [2.05, 4.69) is 16.9 Å². The first kappa shape index (κ1) is 18.0. The number of benzene rings is 3. The predicted octanol–water partition coefficient (Wildman–Crippen LogP) is 4.81. The van der Waals surface area contributed by atoms with Crippen molar-refractivity contribution in [1.29, 1.82) is 0 Å². The number of H-pyrrole nitrogens is 2. The van der Waals surface area contributed by atoms with Gasteiger partial charge in [-0.2, -0.15) is 0 Å². The molecular formula is C23H22N2O3. The number of rotatable bonds is 7. The number of ketones is 1. The van der Waals surface area contributed by atoms with Crippen LogP contribution in [0.15, 0.2) is 59.4 Å². The molecule has 0 saturated carbocycles. The lowest BCUT2D eigenvalue weighted by atomic mass is 9.96. The van der Waals surface area contributed by atoms with Crippen molar-refractivity contribution < 1.29 is 9.53 Å². The molecule has 28 heavy (non-hydrogen) atoms. The third-order valence-corrected chi connectivity index (χ3v) is 4.93. The third-order valence-electron chi connectivity index (χ3n) is 4.93. The number of nitrogens with one attached hydrogen (secondary N) is 2. The molecule has 2 N–H and O–H groups in total. The molecule has 142 valence electrons. The Bertz CT molecular complexity index is 1200. The minimum Gasteiger partial charge on any atom is -0.491 e. The second-order valence-corrected chi connectivity index (χ2v) is 6.85. The molecule has 0 saturated heterocycles. The summed E-state index contributed by atoms with van der Waals surface area (Å²) in [4.78, 5) is 30.8. The number of carbonyl (C=O) groups excluding carboxylic acids is 1. The molecule has 0 amide bonds. The van der Waals surface area contributed by atoms with Gasteiger partial charge < -0.3 is 14.7 Å². The van der Waals surface area contributed by atoms with Gasteiger partial charge in [0.2, 0.25) is 0 Å². The van der Waals surface area contributed by atoms with Gasteiger partial charge in [0.05, 0.1) is 12.1 Å². The number of imidazole rings is 1. The van der Waals surface area contributed by atoms with Crippen molar-refractivity contribution in [3.05, 3.63) is 76.2 Å². The van der Waals surface area contributed by atoms with Crippen molar-refractivity contribution in [2.45, 2.75) is 26.2 Å². The van der Waals surface area contributed by atoms with Gasteiger partial charge in [-0.05, 0) is 29.3 Å². The first-order valence-corrected chi connectivity index (χ1v) is 9.59. The van der Waals surface area contributed by atoms with E-state index in [9.17, 15) is 9.59 Å². The SMILES string of the molecule is CCCCCOc1ccc(C(=O)c2cccc3ccccc23)c2[nH]c(=O)[nH]c12. The number of carbonyl (C=O) groups is 1. The Morgan fingerprint density at radius 3 is 2.54 bits per heavy atom. The average Bonchev–Trinajstić information content (AvgIpc) is 3.12. The Kier molecular flexibility index (Phi) is 4.98. The monoisotopic (exact) mass is 374 g/mol. The lowest BCUT2D eigenvalue weighted by molar-refractivity contribution is 0.104. The minimum absolute atomic E-state index is 0.130. The van der Waals surface area contributed by atoms with Gasteiger partial charge in [0.1, 0.15) is 11.3 Å². The van der Waals surface area contributed by atoms with E-state index in [1.807, 2.05) is 42.5 Å². The summed E-state index contributed by atoms with van der Waals surface area (Å²) in [5.74, 6) is 0.452. The maximum atomic E-state index is 13.3. The summed E-state index contributed by atoms with van der Waals surface area (Å²) in [6.07, 6.45) is 3.14. The van der Waals surface area contributed by atoms with Gasteiger partial charge in [0.15, 0.2) is 5.78 Å². The largest absolute Gasteiger partial charge is 0.491 e. The van der Waals surface area contributed by atoms with E-state index in [4.69, 9.17) is 4.74 Å². The van der Waals surface area contributed by atoms with E-state index in [0.717, 1.165) is 30.0 Å². The quantitative estimate of drug-likeness (QED) is 0.360. The standard InChI is InChI=1S/C23H22N2O3/c1-2-3-6-14-28-19-13-12-18(20-21(19)25-23(27)24-20)22(26)17-11-7-9-15-8-4-5-10-16(15)17/h4-5,7-13H,2-3,6,14H2,1H3,(H2,24,25,27). The van der Waals surface area contributed by atoms with Crippen LogP contribution in [0.5, 0.6) is 5.75 Å². The van der Waals surface area contributed by atoms with E-state index >= 15 is 0 Å². The van der Waals surface area contributed by atoms with Gasteiger partial charge in [0, 0.05) is 11.1 Å². The number of aromatic nitrogens is 2. The summed E-state index contributed by atoms with van der Waals surface area (Å²) < 4.78 is 5.84. The van der Waals surface area contributed by atoms with Gasteiger partial charge in [-0.1, -0.05) is 62.2 Å². The van der Waals surface area contributed by atoms with Crippen molar-refractivity contribution in [3.8, 4) is 5.75 Å². The highest BCUT2D eigenvalue weighted by Gasteiger charge is 2.19. The first-order chi connectivity index (χ1) is 13.7. The van der Waals surface area contributed by atoms with Crippen LogP contribution in [0.1, 0.15) is 42.1 Å². The van der Waals surface area contributed by atoms with Crippen molar-refractivity contribution in [2.24, 2.45) is 0 Å². The Balaban J connectivity index is 1.76. The van der Waals surface area contributed by atoms with Crippen molar-refractivity contribution >= 4 is 27.6 Å². The summed E-state index contributed by atoms with van der Waals surface area (Å²) in [6.45, 7) is 2.71. The highest BCUT2D eigenvalue weighted by Crippen LogP contribution is 2.28. The number of unbranched alkanes of at least 4 members (excludes halogenated alkanes) is 2. The number of fused-ring (bicyclic) bond motifs is 2. The predicted molar refractivity (Wildman–Crippen MR) is 111 cm³/mol. The first-order valence-electron chi connectivity index (χ1n) is 9.59. The fourth-order valence-corrected chi connectivity index (χ4v) is 3.51. The Labute approximate surface area is 162 Å². The van der Waals surface area contributed by atoms with Crippen molar-refractivity contribution in [3.63, 3.8) is 0 Å². The molecule has 0 atom stereocenters. The van der Waals surface area contributed by atoms with E-state index in [0.29, 0.717) is 34.5 Å². The summed E-state index contributed by atoms with van der Waals surface area (Å²) in [5.41, 5.74) is 1.72. The highest BCUT2D eigenvalue weighted by molar-refractivity contribution is 6.20. The summed E-state index contributed by atoms with van der Waals surface area (Å²) >= 11 is 0. The van der Waals surface area contributed by atoms with Crippen LogP contribution in [0.3, 0.4) is 0 Å². The number of hydrogen-bond acceptors (Lipinski definition) is 3. The second-order valence-electron chi connectivity index (χ2n) is 6.85. The molecule has 3 aromatic carbocycles. The van der Waals surface area contributed by atoms with Crippen LogP contribution in [0.25, 0.3) is 21.8 Å². The third kappa shape index (κ3) is 3.31. The maximum Gasteiger partial charge on any atom is 0.323 e. The summed E-state index contributed by atoms with van der Waals surface area (Å²) in [5, 5.41) is 1.89. The topological polar surface area (TPSA) is 75.0 Å². The molecule has 0 fully saturated rings. The molecule has 4 rings (SSSR count). The average molecular weight is 374 g/mol. The molecule has 0 bridgehead atoms. The van der Waals surface area contributed by atoms with Gasteiger partial charge in [-0.25, -0.2) is 4.79 Å². The number of aromatic amines is 2. The van der Waals surface area contributed by atoms with E-state index in [1.165, 1.54) is 0 Å². The molecule has 0 unspecified atom stereocenters. The molecule has 0 aliphatic rings. The summed E-state index contributed by atoms with van der Waals surface area (Å²) in [6, 6.07) is 16.9. The fourth-order valence-electron chi connectivity index (χ4n) is 3.51. The maximum absolute atomic E-state index is 13.3. The smallest absolute Gasteiger partial charge is 0.323 e. The van der Waals surface area contributed by atoms with Crippen molar-refractivity contribution in [2.75, 3.05) is 6.61 Å². The van der Waals surface area contributed by atoms with Gasteiger partial charge in [-0.15, -0.1) is 0 Å². The van der Waals surface area contributed by atoms with E-state index < -0.39 is 0 Å². The van der Waals surface area contributed by atoms with Crippen LogP contribution in [-0.2, 0) is 0 Å². The van der Waals surface area contributed by atoms with Gasteiger partial charge in [0.25, 0.3) is 0 Å². The molecule has 1 aromatic heterocycles. The molecule has 0 aliphatic carbocycles. The lowest BCUT2D eigenvalue weighted by Crippen LogP contribution is -2.05. The van der Waals surface area contributed by atoms with Crippen LogP contribution >= 0.6 is 0 Å². The van der Waals surface area contributed by atoms with Crippen LogP contribution in [0.2, 0.25) is 0 Å².